The Morgan fingerprint density at radius 2 is 1.88 bits per heavy atom. The van der Waals surface area contributed by atoms with Crippen LogP contribution in [0, 0.1) is 17.8 Å². The van der Waals surface area contributed by atoms with Gasteiger partial charge in [0.25, 0.3) is 0 Å². The number of carbonyl (C=O) groups is 3. The first-order valence-corrected chi connectivity index (χ1v) is 13.3. The van der Waals surface area contributed by atoms with E-state index >= 15 is 0 Å². The molecule has 0 aromatic heterocycles. The molecule has 0 saturated heterocycles. The van der Waals surface area contributed by atoms with Gasteiger partial charge in [-0.25, -0.2) is 0 Å². The quantitative estimate of drug-likeness (QED) is 0.328. The summed E-state index contributed by atoms with van der Waals surface area (Å²) in [5, 5.41) is 44.8. The number of hydrogen-bond acceptors (Lipinski definition) is 9. The molecule has 5 rings (SSSR count). The Kier molecular flexibility index (Phi) is 6.98. The molecule has 0 heterocycles. The molecule has 6 N–H and O–H groups in total. The number of aromatic hydroxyl groups is 1. The van der Waals surface area contributed by atoms with E-state index in [4.69, 9.17) is 10.5 Å². The standard InChI is InChI=1S/C30H34N2O8/c1-32(2)24-19-13-16-12-18-15(8-7-14-5-4-6-17(11-14)40-3)9-10-20(33)22(18)25(34)21(16)27(36)30(19,39)28(37)23(26(24)35)29(31)38/h4-6,9-11,16,19,23-24,26,33-35,39H,7-8,12-13H2,1-3H3,(H2,31,38)/t16-,19-,23?,24-,26?,30-/m1/s1. The summed E-state index contributed by atoms with van der Waals surface area (Å²) in [7, 11) is 4.85. The number of aliphatic hydroxyl groups excluding tert-OH is 2. The van der Waals surface area contributed by atoms with Crippen molar-refractivity contribution in [3.8, 4) is 11.5 Å². The van der Waals surface area contributed by atoms with Crippen molar-refractivity contribution < 1.29 is 39.5 Å². The topological polar surface area (TPSA) is 171 Å². The Balaban J connectivity index is 1.58. The molecule has 2 unspecified atom stereocenters. The van der Waals surface area contributed by atoms with E-state index in [0.717, 1.165) is 16.9 Å². The van der Waals surface area contributed by atoms with Crippen molar-refractivity contribution in [1.82, 2.24) is 4.90 Å². The highest BCUT2D eigenvalue weighted by Gasteiger charge is 2.67. The molecule has 10 heteroatoms. The second-order valence-corrected chi connectivity index (χ2v) is 11.2. The number of phenolic OH excluding ortho intramolecular Hbond substituents is 1. The lowest BCUT2D eigenvalue weighted by Crippen LogP contribution is -2.73. The second-order valence-electron chi connectivity index (χ2n) is 11.2. The van der Waals surface area contributed by atoms with Crippen LogP contribution in [-0.2, 0) is 33.6 Å². The van der Waals surface area contributed by atoms with Gasteiger partial charge in [0.15, 0.2) is 11.4 Å². The van der Waals surface area contributed by atoms with Crippen LogP contribution >= 0.6 is 0 Å². The summed E-state index contributed by atoms with van der Waals surface area (Å²) in [6, 6.07) is 10.0. The van der Waals surface area contributed by atoms with Crippen LogP contribution in [0.3, 0.4) is 0 Å². The van der Waals surface area contributed by atoms with Crippen molar-refractivity contribution in [3.05, 3.63) is 64.2 Å². The van der Waals surface area contributed by atoms with Crippen molar-refractivity contribution in [1.29, 1.82) is 0 Å². The molecule has 1 amide bonds. The first-order chi connectivity index (χ1) is 18.9. The first-order valence-electron chi connectivity index (χ1n) is 13.3. The minimum absolute atomic E-state index is 0.0865. The van der Waals surface area contributed by atoms with Crippen LogP contribution in [0.25, 0.3) is 5.76 Å². The number of nitrogens with zero attached hydrogens (tertiary/aromatic N) is 1. The number of likely N-dealkylation sites (N-methyl/N-ethyl adjacent to an activating group) is 1. The Hall–Kier alpha value is -3.73. The van der Waals surface area contributed by atoms with Gasteiger partial charge in [0.1, 0.15) is 23.2 Å². The van der Waals surface area contributed by atoms with Crippen molar-refractivity contribution in [3.63, 3.8) is 0 Å². The lowest BCUT2D eigenvalue weighted by atomic mass is 9.54. The molecule has 0 radical (unpaired) electrons. The first kappa shape index (κ1) is 27.8. The number of ketones is 2. The van der Waals surface area contributed by atoms with Crippen LogP contribution in [0.2, 0.25) is 0 Å². The molecule has 2 fully saturated rings. The summed E-state index contributed by atoms with van der Waals surface area (Å²) < 4.78 is 5.31. The number of carbonyl (C=O) groups excluding carboxylic acids is 3. The van der Waals surface area contributed by atoms with Crippen LogP contribution in [0.5, 0.6) is 11.5 Å². The number of fused-ring (bicyclic) bond motifs is 3. The Labute approximate surface area is 231 Å². The molecule has 2 aromatic carbocycles. The number of phenols is 1. The number of ether oxygens (including phenoxy) is 1. The van der Waals surface area contributed by atoms with Gasteiger partial charge < -0.3 is 35.8 Å². The molecule has 3 aliphatic rings. The van der Waals surface area contributed by atoms with Gasteiger partial charge in [0.05, 0.1) is 18.8 Å². The lowest BCUT2D eigenvalue weighted by Gasteiger charge is -2.53. The molecule has 0 aliphatic heterocycles. The van der Waals surface area contributed by atoms with E-state index < -0.39 is 58.7 Å². The molecule has 2 aromatic rings. The minimum atomic E-state index is -2.66. The van der Waals surface area contributed by atoms with E-state index in [1.165, 1.54) is 6.07 Å². The summed E-state index contributed by atoms with van der Waals surface area (Å²) in [5.41, 5.74) is 5.32. The molecule has 212 valence electrons. The Morgan fingerprint density at radius 3 is 2.52 bits per heavy atom. The number of benzene rings is 2. The third-order valence-corrected chi connectivity index (χ3v) is 8.89. The van der Waals surface area contributed by atoms with Crippen molar-refractivity contribution in [2.24, 2.45) is 23.5 Å². The molecule has 6 atom stereocenters. The minimum Gasteiger partial charge on any atom is -0.507 e. The number of Topliss-reactive ketones (excluding diaryl/α,β-unsaturated/α-hetero) is 2. The van der Waals surface area contributed by atoms with Crippen LogP contribution in [0.15, 0.2) is 42.0 Å². The van der Waals surface area contributed by atoms with Crippen LogP contribution in [0.1, 0.15) is 28.7 Å². The predicted molar refractivity (Wildman–Crippen MR) is 144 cm³/mol. The number of aliphatic hydroxyl groups is 3. The van der Waals surface area contributed by atoms with Gasteiger partial charge in [0, 0.05) is 17.5 Å². The SMILES string of the molecule is COc1cccc(CCc2ccc(O)c3c2C[C@@H]2C[C@@H]4[C@@H](N(C)C)C(O)C(C(N)=O)C(=O)[C@]4(O)C(=O)C2=C3O)c1. The van der Waals surface area contributed by atoms with Crippen LogP contribution < -0.4 is 10.5 Å². The average molecular weight is 551 g/mol. The molecule has 3 aliphatic carbocycles. The molecule has 0 bridgehead atoms. The number of methoxy groups -OCH3 is 1. The van der Waals surface area contributed by atoms with Crippen LogP contribution in [0.4, 0.5) is 0 Å². The zero-order valence-corrected chi connectivity index (χ0v) is 22.6. The van der Waals surface area contributed by atoms with Crippen molar-refractivity contribution >= 4 is 23.2 Å². The summed E-state index contributed by atoms with van der Waals surface area (Å²) in [6.07, 6.45) is 0.0947. The van der Waals surface area contributed by atoms with Crippen molar-refractivity contribution in [2.45, 2.75) is 43.4 Å². The van der Waals surface area contributed by atoms with Gasteiger partial charge in [-0.05, 0) is 80.6 Å². The highest BCUT2D eigenvalue weighted by molar-refractivity contribution is 6.25. The van der Waals surface area contributed by atoms with Gasteiger partial charge in [-0.15, -0.1) is 0 Å². The summed E-state index contributed by atoms with van der Waals surface area (Å²) in [5.74, 6) is -6.72. The summed E-state index contributed by atoms with van der Waals surface area (Å²) in [6.45, 7) is 0. The third kappa shape index (κ3) is 4.09. The molecule has 40 heavy (non-hydrogen) atoms. The van der Waals surface area contributed by atoms with E-state index in [0.29, 0.717) is 18.4 Å². The maximum Gasteiger partial charge on any atom is 0.230 e. The highest BCUT2D eigenvalue weighted by atomic mass is 16.5. The summed E-state index contributed by atoms with van der Waals surface area (Å²) >= 11 is 0. The Morgan fingerprint density at radius 1 is 1.15 bits per heavy atom. The van der Waals surface area contributed by atoms with Gasteiger partial charge >= 0.3 is 0 Å². The number of hydrogen-bond donors (Lipinski definition) is 5. The normalized spacial score (nSPS) is 29.6. The van der Waals surface area contributed by atoms with Crippen molar-refractivity contribution in [2.75, 3.05) is 21.2 Å². The molecular weight excluding hydrogens is 516 g/mol. The van der Waals surface area contributed by atoms with Gasteiger partial charge in [0.2, 0.25) is 11.7 Å². The fourth-order valence-electron chi connectivity index (χ4n) is 7.01. The maximum atomic E-state index is 13.9. The fraction of sp³-hybridized carbons (Fsp3) is 0.433. The fourth-order valence-corrected chi connectivity index (χ4v) is 7.01. The van der Waals surface area contributed by atoms with Crippen LogP contribution in [-0.4, -0.2) is 81.8 Å². The maximum absolute atomic E-state index is 13.9. The number of aryl methyl sites for hydroxylation is 2. The number of nitrogens with two attached hydrogens (primary N) is 1. The monoisotopic (exact) mass is 550 g/mol. The zero-order valence-electron chi connectivity index (χ0n) is 22.6. The third-order valence-electron chi connectivity index (χ3n) is 8.89. The van der Waals surface area contributed by atoms with E-state index in [9.17, 15) is 34.8 Å². The van der Waals surface area contributed by atoms with E-state index in [2.05, 4.69) is 0 Å². The number of rotatable bonds is 6. The highest BCUT2D eigenvalue weighted by Crippen LogP contribution is 2.52. The smallest absolute Gasteiger partial charge is 0.230 e. The van der Waals surface area contributed by atoms with E-state index in [1.54, 1.807) is 32.2 Å². The zero-order chi connectivity index (χ0) is 29.1. The van der Waals surface area contributed by atoms with E-state index in [1.807, 2.05) is 24.3 Å². The molecule has 2 saturated carbocycles. The van der Waals surface area contributed by atoms with Gasteiger partial charge in [-0.1, -0.05) is 18.2 Å². The number of amides is 1. The molecule has 0 spiro atoms. The van der Waals surface area contributed by atoms with E-state index in [-0.39, 0.29) is 29.7 Å². The number of primary amides is 1. The second kappa shape index (κ2) is 10.0. The van der Waals surface area contributed by atoms with Gasteiger partial charge in [-0.2, -0.15) is 0 Å². The molecular formula is C30H34N2O8. The summed E-state index contributed by atoms with van der Waals surface area (Å²) in [4.78, 5) is 41.1. The molecule has 10 nitrogen and oxygen atoms in total. The average Bonchev–Trinajstić information content (AvgIpc) is 2.90. The largest absolute Gasteiger partial charge is 0.507 e. The van der Waals surface area contributed by atoms with Gasteiger partial charge in [-0.3, -0.25) is 14.4 Å². The Bertz CT molecular complexity index is 1430. The lowest BCUT2D eigenvalue weighted by molar-refractivity contribution is -0.184. The predicted octanol–water partition coefficient (Wildman–Crippen LogP) is 0.923.